The van der Waals surface area contributed by atoms with E-state index >= 15 is 0 Å². The van der Waals surface area contributed by atoms with E-state index in [1.165, 1.54) is 55.7 Å². The van der Waals surface area contributed by atoms with Crippen molar-refractivity contribution in [3.63, 3.8) is 0 Å². The number of rotatable bonds is 6. The van der Waals surface area contributed by atoms with Crippen molar-refractivity contribution in [2.75, 3.05) is 4.90 Å². The molecule has 11 aromatic rings. The average molecular weight is 820 g/mol. The van der Waals surface area contributed by atoms with Gasteiger partial charge < -0.3 is 13.7 Å². The van der Waals surface area contributed by atoms with Crippen LogP contribution in [0.3, 0.4) is 0 Å². The van der Waals surface area contributed by atoms with Gasteiger partial charge in [0, 0.05) is 49.6 Å². The molecule has 0 aliphatic heterocycles. The molecule has 0 bridgehead atoms. The second kappa shape index (κ2) is 13.9. The Balaban J connectivity index is 1.04. The first kappa shape index (κ1) is 36.5. The molecule has 0 N–H and O–H groups in total. The lowest BCUT2D eigenvalue weighted by molar-refractivity contribution is 0.668. The lowest BCUT2D eigenvalue weighted by Crippen LogP contribution is -2.26. The highest BCUT2D eigenvalue weighted by Gasteiger charge is 2.52. The molecule has 1 spiro atoms. The Bertz CT molecular complexity index is 3730. The normalized spacial score (nSPS) is 15.3. The standard InChI is InChI=1S/C61H41NO2/c1-3-15-44-38(2)61(51-23-10-7-20-50(51)58-53(61)37-36-49-47-19-9-12-27-56(47)64-60(49)58)52-24-14-25-54(57(44)52)62(42-32-28-40(29-33-42)39-16-5-4-6-17-39)43-34-30-41(31-35-43)45-21-13-22-48-46-18-8-11-26-55(46)63-59(45)48/h3-37H,1-2H3/b15-3-. The molecule has 0 fully saturated rings. The molecular formula is C61H41NO2. The summed E-state index contributed by atoms with van der Waals surface area (Å²) in [6, 6.07) is 72.3. The van der Waals surface area contributed by atoms with Gasteiger partial charge in [-0.15, -0.1) is 0 Å². The minimum absolute atomic E-state index is 0.531. The lowest BCUT2D eigenvalue weighted by atomic mass is 9.70. The van der Waals surface area contributed by atoms with Crippen molar-refractivity contribution in [3.8, 4) is 33.4 Å². The zero-order valence-electron chi connectivity index (χ0n) is 35.5. The number of allylic oxidation sites excluding steroid dienone is 4. The third kappa shape index (κ3) is 5.04. The van der Waals surface area contributed by atoms with Gasteiger partial charge in [-0.2, -0.15) is 0 Å². The van der Waals surface area contributed by atoms with Crippen molar-refractivity contribution in [2.24, 2.45) is 0 Å². The molecule has 1 unspecified atom stereocenters. The van der Waals surface area contributed by atoms with Crippen LogP contribution >= 0.6 is 0 Å². The molecule has 1 atom stereocenters. The lowest BCUT2D eigenvalue weighted by Gasteiger charge is -2.32. The maximum absolute atomic E-state index is 6.81. The number of hydrogen-bond acceptors (Lipinski definition) is 3. The van der Waals surface area contributed by atoms with E-state index in [4.69, 9.17) is 8.83 Å². The van der Waals surface area contributed by atoms with E-state index in [0.29, 0.717) is 0 Å². The molecule has 13 rings (SSSR count). The minimum Gasteiger partial charge on any atom is -0.455 e. The van der Waals surface area contributed by atoms with Crippen LogP contribution in [-0.4, -0.2) is 0 Å². The monoisotopic (exact) mass is 819 g/mol. The fourth-order valence-corrected chi connectivity index (χ4v) is 11.2. The van der Waals surface area contributed by atoms with Crippen molar-refractivity contribution in [1.82, 2.24) is 0 Å². The molecule has 0 saturated heterocycles. The molecule has 302 valence electrons. The number of furan rings is 2. The van der Waals surface area contributed by atoms with E-state index in [1.54, 1.807) is 0 Å². The third-order valence-electron chi connectivity index (χ3n) is 13.9. The van der Waals surface area contributed by atoms with E-state index in [-0.39, 0.29) is 0 Å². The fraction of sp³-hybridized carbons (Fsp3) is 0.0492. The fourth-order valence-electron chi connectivity index (χ4n) is 11.2. The SMILES string of the molecule is C/C=C\C1=C(C)C2(c3ccccc3-c3c2ccc2c3oc3ccccc32)c2cccc(N(c3ccc(-c4ccccc4)cc3)c3ccc(-c4cccc5c4oc4ccccc45)cc3)c21. The van der Waals surface area contributed by atoms with E-state index in [1.807, 2.05) is 12.1 Å². The van der Waals surface area contributed by atoms with Crippen LogP contribution in [-0.2, 0) is 5.41 Å². The van der Waals surface area contributed by atoms with E-state index in [9.17, 15) is 0 Å². The van der Waals surface area contributed by atoms with Gasteiger partial charge in [-0.25, -0.2) is 0 Å². The van der Waals surface area contributed by atoms with E-state index in [0.717, 1.165) is 72.1 Å². The van der Waals surface area contributed by atoms with Crippen LogP contribution < -0.4 is 4.90 Å². The zero-order chi connectivity index (χ0) is 42.5. The Morgan fingerprint density at radius 1 is 0.422 bits per heavy atom. The third-order valence-corrected chi connectivity index (χ3v) is 13.9. The molecule has 2 aliphatic rings. The molecular weight excluding hydrogens is 779 g/mol. The van der Waals surface area contributed by atoms with E-state index < -0.39 is 5.41 Å². The smallest absolute Gasteiger partial charge is 0.143 e. The quantitative estimate of drug-likeness (QED) is 0.167. The Hall–Kier alpha value is -8.14. The Labute approximate surface area is 371 Å². The number of para-hydroxylation sites is 3. The van der Waals surface area contributed by atoms with Gasteiger partial charge in [-0.1, -0.05) is 170 Å². The molecule has 2 aromatic heterocycles. The molecule has 0 radical (unpaired) electrons. The van der Waals surface area contributed by atoms with Gasteiger partial charge in [-0.3, -0.25) is 0 Å². The summed E-state index contributed by atoms with van der Waals surface area (Å²) in [5, 5.41) is 4.55. The Kier molecular flexibility index (Phi) is 7.95. The molecule has 64 heavy (non-hydrogen) atoms. The first-order chi connectivity index (χ1) is 31.6. The largest absolute Gasteiger partial charge is 0.455 e. The van der Waals surface area contributed by atoms with Crippen LogP contribution in [0, 0.1) is 0 Å². The zero-order valence-corrected chi connectivity index (χ0v) is 35.5. The first-order valence-electron chi connectivity index (χ1n) is 22.1. The maximum Gasteiger partial charge on any atom is 0.143 e. The van der Waals surface area contributed by atoms with Crippen LogP contribution in [0.5, 0.6) is 0 Å². The van der Waals surface area contributed by atoms with Crippen LogP contribution in [0.4, 0.5) is 17.1 Å². The Morgan fingerprint density at radius 2 is 0.969 bits per heavy atom. The maximum atomic E-state index is 6.81. The van der Waals surface area contributed by atoms with Crippen LogP contribution in [0.25, 0.3) is 82.8 Å². The summed E-state index contributed by atoms with van der Waals surface area (Å²) in [6.45, 7) is 4.48. The number of fused-ring (bicyclic) bond motifs is 14. The highest BCUT2D eigenvalue weighted by Crippen LogP contribution is 2.65. The predicted octanol–water partition coefficient (Wildman–Crippen LogP) is 17.0. The summed E-state index contributed by atoms with van der Waals surface area (Å²) in [7, 11) is 0. The second-order valence-corrected chi connectivity index (χ2v) is 17.1. The molecule has 3 nitrogen and oxygen atoms in total. The molecule has 0 saturated carbocycles. The highest BCUT2D eigenvalue weighted by molar-refractivity contribution is 6.14. The summed E-state index contributed by atoms with van der Waals surface area (Å²) >= 11 is 0. The van der Waals surface area contributed by atoms with Crippen molar-refractivity contribution in [1.29, 1.82) is 0 Å². The van der Waals surface area contributed by atoms with Gasteiger partial charge >= 0.3 is 0 Å². The Morgan fingerprint density at radius 3 is 1.70 bits per heavy atom. The van der Waals surface area contributed by atoms with Gasteiger partial charge in [0.1, 0.15) is 22.3 Å². The first-order valence-corrected chi connectivity index (χ1v) is 22.1. The summed E-state index contributed by atoms with van der Waals surface area (Å²) in [5.41, 5.74) is 21.0. The molecule has 0 amide bonds. The highest BCUT2D eigenvalue weighted by atomic mass is 16.3. The van der Waals surface area contributed by atoms with Crippen molar-refractivity contribution in [2.45, 2.75) is 19.3 Å². The number of nitrogens with zero attached hydrogens (tertiary/aromatic N) is 1. The number of hydrogen-bond donors (Lipinski definition) is 0. The van der Waals surface area contributed by atoms with Gasteiger partial charge in [0.25, 0.3) is 0 Å². The molecule has 2 heterocycles. The topological polar surface area (TPSA) is 29.5 Å². The molecule has 3 heteroatoms. The van der Waals surface area contributed by atoms with Gasteiger partial charge in [-0.05, 0) is 106 Å². The van der Waals surface area contributed by atoms with Gasteiger partial charge in [0.15, 0.2) is 0 Å². The second-order valence-electron chi connectivity index (χ2n) is 17.1. The summed E-state index contributed by atoms with van der Waals surface area (Å²) < 4.78 is 13.3. The van der Waals surface area contributed by atoms with Crippen LogP contribution in [0.2, 0.25) is 0 Å². The number of benzene rings is 9. The van der Waals surface area contributed by atoms with Crippen LogP contribution in [0.1, 0.15) is 36.1 Å². The van der Waals surface area contributed by atoms with Crippen molar-refractivity contribution >= 4 is 66.5 Å². The average Bonchev–Trinajstić information content (AvgIpc) is 4.08. The summed E-state index contributed by atoms with van der Waals surface area (Å²) in [4.78, 5) is 2.44. The van der Waals surface area contributed by atoms with Gasteiger partial charge in [0.2, 0.25) is 0 Å². The molecule has 9 aromatic carbocycles. The summed E-state index contributed by atoms with van der Waals surface area (Å²) in [6.07, 6.45) is 4.51. The van der Waals surface area contributed by atoms with E-state index in [2.05, 4.69) is 219 Å². The summed E-state index contributed by atoms with van der Waals surface area (Å²) in [5.74, 6) is 0. The van der Waals surface area contributed by atoms with Gasteiger partial charge in [0.05, 0.1) is 11.1 Å². The minimum atomic E-state index is -0.531. The number of anilines is 3. The van der Waals surface area contributed by atoms with Crippen molar-refractivity contribution in [3.05, 3.63) is 240 Å². The molecule has 2 aliphatic carbocycles. The van der Waals surface area contributed by atoms with Crippen LogP contribution in [0.15, 0.2) is 227 Å². The predicted molar refractivity (Wildman–Crippen MR) is 266 cm³/mol. The van der Waals surface area contributed by atoms with Crippen molar-refractivity contribution < 1.29 is 8.83 Å².